The molecule has 0 saturated heterocycles. The Morgan fingerprint density at radius 1 is 0.852 bits per heavy atom. The highest BCUT2D eigenvalue weighted by molar-refractivity contribution is 7.47. The number of hydrogen-bond donors (Lipinski definition) is 2. The molecule has 3 aromatic carbocycles. The molecule has 0 amide bonds. The van der Waals surface area contributed by atoms with Crippen molar-refractivity contribution in [2.24, 2.45) is 4.36 Å². The lowest BCUT2D eigenvalue weighted by Crippen LogP contribution is -2.32. The van der Waals surface area contributed by atoms with Gasteiger partial charge >= 0.3 is 5.97 Å². The Kier molecular flexibility index (Phi) is 3.08. The van der Waals surface area contributed by atoms with Gasteiger partial charge in [-0.05, 0) is 42.5 Å². The third kappa shape index (κ3) is 2.03. The van der Waals surface area contributed by atoms with Crippen LogP contribution in [0.2, 0.25) is 0 Å². The molecule has 7 heteroatoms. The third-order valence-corrected chi connectivity index (χ3v) is 5.07. The van der Waals surface area contributed by atoms with E-state index in [0.717, 1.165) is 0 Å². The van der Waals surface area contributed by atoms with E-state index in [4.69, 9.17) is 21.9 Å². The van der Waals surface area contributed by atoms with Gasteiger partial charge in [-0.1, -0.05) is 0 Å². The first-order valence-corrected chi connectivity index (χ1v) is 8.45. The normalized spacial score (nSPS) is 15.3. The number of phenolic OH excluding ortho intramolecular Hbond substituents is 2. The number of aromatic hydroxyl groups is 2. The van der Waals surface area contributed by atoms with Crippen LogP contribution < -0.4 is 4.74 Å². The number of nitrogens with zero attached hydrogens (tertiary/aromatic N) is 1. The van der Waals surface area contributed by atoms with Crippen molar-refractivity contribution in [1.29, 1.82) is 0 Å². The van der Waals surface area contributed by atoms with E-state index < -0.39 is 11.6 Å². The number of carbonyl (C=O) groups excluding carboxylic acids is 1. The van der Waals surface area contributed by atoms with Gasteiger partial charge in [0.05, 0.1) is 11.3 Å². The zero-order valence-electron chi connectivity index (χ0n) is 13.7. The maximum absolute atomic E-state index is 12.7. The molecule has 132 valence electrons. The van der Waals surface area contributed by atoms with Gasteiger partial charge < -0.3 is 19.7 Å². The van der Waals surface area contributed by atoms with Gasteiger partial charge in [0.25, 0.3) is 0 Å². The van der Waals surface area contributed by atoms with Crippen molar-refractivity contribution < 1.29 is 24.5 Å². The van der Waals surface area contributed by atoms with Gasteiger partial charge in [-0.2, -0.15) is 4.36 Å². The average molecular weight is 377 g/mol. The summed E-state index contributed by atoms with van der Waals surface area (Å²) in [6.07, 6.45) is 0. The summed E-state index contributed by atoms with van der Waals surface area (Å²) in [5.74, 6) is 0.183. The van der Waals surface area contributed by atoms with Crippen molar-refractivity contribution in [2.45, 2.75) is 5.60 Å². The Morgan fingerprint density at radius 3 is 2.07 bits per heavy atom. The number of benzene rings is 3. The van der Waals surface area contributed by atoms with Crippen LogP contribution in [0.4, 0.5) is 5.69 Å². The predicted octanol–water partition coefficient (Wildman–Crippen LogP) is 4.03. The van der Waals surface area contributed by atoms with Crippen molar-refractivity contribution in [2.75, 3.05) is 0 Å². The van der Waals surface area contributed by atoms with Crippen LogP contribution in [0.1, 0.15) is 27.0 Å². The molecule has 0 saturated carbocycles. The van der Waals surface area contributed by atoms with Crippen LogP contribution in [0.3, 0.4) is 0 Å². The molecule has 5 rings (SSSR count). The van der Waals surface area contributed by atoms with Gasteiger partial charge in [0.15, 0.2) is 5.60 Å². The van der Waals surface area contributed by atoms with Crippen LogP contribution in [0.15, 0.2) is 59.0 Å². The number of phenols is 2. The number of carbonyl (C=O) groups is 1. The molecule has 6 nitrogen and oxygen atoms in total. The SMILES string of the molecule is O=C1OC2(c3ccc(O)cc3Oc3cc(O)ccc32)c2cc(N=S)ccc21. The second kappa shape index (κ2) is 5.28. The fraction of sp³-hybridized carbons (Fsp3) is 0.0500. The third-order valence-electron chi connectivity index (χ3n) is 4.86. The summed E-state index contributed by atoms with van der Waals surface area (Å²) >= 11 is 4.81. The summed E-state index contributed by atoms with van der Waals surface area (Å²) in [6.45, 7) is 0. The Bertz CT molecular complexity index is 1110. The summed E-state index contributed by atoms with van der Waals surface area (Å²) in [5, 5.41) is 19.8. The van der Waals surface area contributed by atoms with Gasteiger partial charge in [-0.25, -0.2) is 4.79 Å². The lowest BCUT2D eigenvalue weighted by molar-refractivity contribution is 0.0224. The molecule has 2 N–H and O–H groups in total. The van der Waals surface area contributed by atoms with Gasteiger partial charge in [-0.15, -0.1) is 0 Å². The lowest BCUT2D eigenvalue weighted by atomic mass is 9.77. The molecule has 0 aromatic heterocycles. The van der Waals surface area contributed by atoms with Gasteiger partial charge in [0.2, 0.25) is 0 Å². The van der Waals surface area contributed by atoms with Crippen molar-refractivity contribution in [1.82, 2.24) is 0 Å². The number of hydrogen-bond acceptors (Lipinski definition) is 7. The van der Waals surface area contributed by atoms with Crippen molar-refractivity contribution in [3.05, 3.63) is 76.9 Å². The van der Waals surface area contributed by atoms with Gasteiger partial charge in [0.1, 0.15) is 23.0 Å². The van der Waals surface area contributed by atoms with Gasteiger partial charge in [0, 0.05) is 41.2 Å². The average Bonchev–Trinajstić information content (AvgIpc) is 2.94. The van der Waals surface area contributed by atoms with E-state index >= 15 is 0 Å². The highest BCUT2D eigenvalue weighted by Gasteiger charge is 2.53. The summed E-state index contributed by atoms with van der Waals surface area (Å²) < 4.78 is 15.6. The first kappa shape index (κ1) is 15.8. The summed E-state index contributed by atoms with van der Waals surface area (Å²) in [6, 6.07) is 14.2. The molecule has 0 bridgehead atoms. The fourth-order valence-corrected chi connectivity index (χ4v) is 3.86. The molecule has 0 radical (unpaired) electrons. The number of esters is 1. The maximum atomic E-state index is 12.7. The van der Waals surface area contributed by atoms with Crippen LogP contribution in [0, 0.1) is 0 Å². The second-order valence-corrected chi connectivity index (χ2v) is 6.54. The Hall–Kier alpha value is -3.45. The number of rotatable bonds is 1. The molecule has 2 heterocycles. The second-order valence-electron chi connectivity index (χ2n) is 6.35. The summed E-state index contributed by atoms with van der Waals surface area (Å²) in [4.78, 5) is 12.7. The van der Waals surface area contributed by atoms with E-state index in [0.29, 0.717) is 39.4 Å². The fourth-order valence-electron chi connectivity index (χ4n) is 3.74. The minimum absolute atomic E-state index is 0.00589. The summed E-state index contributed by atoms with van der Waals surface area (Å²) in [5.41, 5.74) is 1.35. The van der Waals surface area contributed by atoms with Crippen LogP contribution in [0.5, 0.6) is 23.0 Å². The minimum atomic E-state index is -1.28. The molecule has 0 unspecified atom stereocenters. The molecule has 2 aliphatic heterocycles. The minimum Gasteiger partial charge on any atom is -0.508 e. The van der Waals surface area contributed by atoms with Crippen LogP contribution in [-0.4, -0.2) is 16.2 Å². The predicted molar refractivity (Wildman–Crippen MR) is 97.5 cm³/mol. The van der Waals surface area contributed by atoms with E-state index in [1.807, 2.05) is 0 Å². The van der Waals surface area contributed by atoms with E-state index in [2.05, 4.69) is 4.36 Å². The first-order chi connectivity index (χ1) is 13.0. The first-order valence-electron chi connectivity index (χ1n) is 8.09. The Balaban J connectivity index is 1.91. The molecule has 0 atom stereocenters. The topological polar surface area (TPSA) is 88.4 Å². The highest BCUT2D eigenvalue weighted by Crippen LogP contribution is 2.57. The van der Waals surface area contributed by atoms with E-state index in [9.17, 15) is 15.0 Å². The Labute approximate surface area is 158 Å². The van der Waals surface area contributed by atoms with Gasteiger partial charge in [-0.3, -0.25) is 0 Å². The molecule has 0 fully saturated rings. The molecule has 27 heavy (non-hydrogen) atoms. The summed E-state index contributed by atoms with van der Waals surface area (Å²) in [7, 11) is 0. The largest absolute Gasteiger partial charge is 0.508 e. The maximum Gasteiger partial charge on any atom is 0.340 e. The van der Waals surface area contributed by atoms with Crippen molar-refractivity contribution in [3.63, 3.8) is 0 Å². The standard InChI is InChI=1S/C20H11NO5S/c22-11-2-5-14-17(8-11)25-18-9-12(23)3-6-15(18)20(14)16-7-10(21-27)1-4-13(16)19(24)26-20/h1-9,22-23H. The molecular weight excluding hydrogens is 366 g/mol. The monoisotopic (exact) mass is 377 g/mol. The van der Waals surface area contributed by atoms with Crippen molar-refractivity contribution >= 4 is 24.1 Å². The molecule has 2 aliphatic rings. The highest BCUT2D eigenvalue weighted by atomic mass is 32.1. The van der Waals surface area contributed by atoms with Crippen molar-refractivity contribution in [3.8, 4) is 23.0 Å². The zero-order valence-corrected chi connectivity index (χ0v) is 14.5. The van der Waals surface area contributed by atoms with Crippen LogP contribution in [-0.2, 0) is 22.8 Å². The lowest BCUT2D eigenvalue weighted by Gasteiger charge is -2.36. The van der Waals surface area contributed by atoms with E-state index in [-0.39, 0.29) is 11.5 Å². The molecular formula is C20H11NO5S. The number of fused-ring (bicyclic) bond motifs is 6. The molecule has 1 spiro atoms. The number of ether oxygens (including phenoxy) is 2. The Morgan fingerprint density at radius 2 is 1.48 bits per heavy atom. The van der Waals surface area contributed by atoms with E-state index in [1.54, 1.807) is 30.3 Å². The zero-order chi connectivity index (χ0) is 18.8. The molecule has 3 aromatic rings. The van der Waals surface area contributed by atoms with Crippen LogP contribution >= 0.6 is 0 Å². The quantitative estimate of drug-likeness (QED) is 0.623. The smallest absolute Gasteiger partial charge is 0.340 e. The van der Waals surface area contributed by atoms with Crippen LogP contribution in [0.25, 0.3) is 0 Å². The molecule has 0 aliphatic carbocycles. The van der Waals surface area contributed by atoms with E-state index in [1.165, 1.54) is 24.3 Å².